The minimum atomic E-state index is -0.417. The Balaban J connectivity index is 1.48. The SMILES string of the molecule is CN1C(=O)c2cccn2CC1C(=O)NCCCN1CCCC1. The number of carbonyl (C=O) groups excluding carboxylic acids is 2. The number of likely N-dealkylation sites (N-methyl/N-ethyl adjacent to an activating group) is 1. The van der Waals surface area contributed by atoms with Crippen LogP contribution in [0.1, 0.15) is 29.8 Å². The summed E-state index contributed by atoms with van der Waals surface area (Å²) in [6.07, 6.45) is 5.40. The summed E-state index contributed by atoms with van der Waals surface area (Å²) in [5, 5.41) is 2.98. The molecule has 0 aromatic carbocycles. The maximum atomic E-state index is 12.3. The summed E-state index contributed by atoms with van der Waals surface area (Å²) >= 11 is 0. The van der Waals surface area contributed by atoms with Crippen LogP contribution >= 0.6 is 0 Å². The molecular weight excluding hydrogens is 280 g/mol. The van der Waals surface area contributed by atoms with Crippen molar-refractivity contribution in [1.82, 2.24) is 19.7 Å². The summed E-state index contributed by atoms with van der Waals surface area (Å²) in [5.41, 5.74) is 0.653. The number of nitrogens with one attached hydrogen (secondary N) is 1. The van der Waals surface area contributed by atoms with Gasteiger partial charge in [0.15, 0.2) is 0 Å². The number of hydrogen-bond donors (Lipinski definition) is 1. The van der Waals surface area contributed by atoms with Gasteiger partial charge in [0, 0.05) is 19.8 Å². The Hall–Kier alpha value is -1.82. The van der Waals surface area contributed by atoms with Crippen LogP contribution in [0.3, 0.4) is 0 Å². The fourth-order valence-corrected chi connectivity index (χ4v) is 3.30. The Labute approximate surface area is 131 Å². The molecular formula is C16H24N4O2. The molecule has 6 heteroatoms. The summed E-state index contributed by atoms with van der Waals surface area (Å²) in [4.78, 5) is 28.6. The average Bonchev–Trinajstić information content (AvgIpc) is 3.18. The Bertz CT molecular complexity index is 548. The molecule has 3 heterocycles. The van der Waals surface area contributed by atoms with Gasteiger partial charge >= 0.3 is 0 Å². The van der Waals surface area contributed by atoms with Crippen LogP contribution in [-0.2, 0) is 11.3 Å². The molecule has 1 fully saturated rings. The lowest BCUT2D eigenvalue weighted by Crippen LogP contribution is -2.53. The highest BCUT2D eigenvalue weighted by Gasteiger charge is 2.33. The highest BCUT2D eigenvalue weighted by molar-refractivity contribution is 5.97. The van der Waals surface area contributed by atoms with Gasteiger partial charge in [0.2, 0.25) is 5.91 Å². The van der Waals surface area contributed by atoms with Crippen molar-refractivity contribution in [3.05, 3.63) is 24.0 Å². The van der Waals surface area contributed by atoms with Crippen LogP contribution in [0.15, 0.2) is 18.3 Å². The number of rotatable bonds is 5. The number of likely N-dealkylation sites (tertiary alicyclic amines) is 1. The van der Waals surface area contributed by atoms with Crippen molar-refractivity contribution in [1.29, 1.82) is 0 Å². The highest BCUT2D eigenvalue weighted by atomic mass is 16.2. The van der Waals surface area contributed by atoms with E-state index in [0.717, 1.165) is 13.0 Å². The summed E-state index contributed by atoms with van der Waals surface area (Å²) in [5.74, 6) is -0.148. The Morgan fingerprint density at radius 3 is 2.91 bits per heavy atom. The van der Waals surface area contributed by atoms with E-state index in [9.17, 15) is 9.59 Å². The number of hydrogen-bond acceptors (Lipinski definition) is 3. The van der Waals surface area contributed by atoms with Gasteiger partial charge in [0.1, 0.15) is 11.7 Å². The molecule has 0 aliphatic carbocycles. The second kappa shape index (κ2) is 6.52. The first-order valence-electron chi connectivity index (χ1n) is 8.09. The zero-order valence-electron chi connectivity index (χ0n) is 13.1. The molecule has 0 saturated carbocycles. The monoisotopic (exact) mass is 304 g/mol. The first-order chi connectivity index (χ1) is 10.7. The van der Waals surface area contributed by atoms with Crippen molar-refractivity contribution in [2.75, 3.05) is 33.2 Å². The molecule has 1 N–H and O–H groups in total. The molecule has 6 nitrogen and oxygen atoms in total. The van der Waals surface area contributed by atoms with E-state index in [1.54, 1.807) is 18.0 Å². The molecule has 3 rings (SSSR count). The van der Waals surface area contributed by atoms with Gasteiger partial charge in [-0.15, -0.1) is 0 Å². The Kier molecular flexibility index (Phi) is 4.47. The lowest BCUT2D eigenvalue weighted by Gasteiger charge is -2.32. The van der Waals surface area contributed by atoms with Crippen LogP contribution < -0.4 is 5.32 Å². The van der Waals surface area contributed by atoms with Crippen LogP contribution in [0.25, 0.3) is 0 Å². The molecule has 1 aromatic heterocycles. The van der Waals surface area contributed by atoms with Crippen LogP contribution in [0.5, 0.6) is 0 Å². The van der Waals surface area contributed by atoms with E-state index < -0.39 is 6.04 Å². The summed E-state index contributed by atoms with van der Waals surface area (Å²) in [6, 6.07) is 3.22. The zero-order valence-corrected chi connectivity index (χ0v) is 13.1. The minimum Gasteiger partial charge on any atom is -0.354 e. The van der Waals surface area contributed by atoms with Gasteiger partial charge in [-0.2, -0.15) is 0 Å². The van der Waals surface area contributed by atoms with Crippen molar-refractivity contribution in [3.63, 3.8) is 0 Å². The maximum Gasteiger partial charge on any atom is 0.270 e. The van der Waals surface area contributed by atoms with Crippen LogP contribution in [0.2, 0.25) is 0 Å². The molecule has 2 amide bonds. The second-order valence-electron chi connectivity index (χ2n) is 6.17. The second-order valence-corrected chi connectivity index (χ2v) is 6.17. The number of fused-ring (bicyclic) bond motifs is 1. The molecule has 120 valence electrons. The van der Waals surface area contributed by atoms with Crippen molar-refractivity contribution in [3.8, 4) is 0 Å². The molecule has 2 aliphatic rings. The van der Waals surface area contributed by atoms with Crippen LogP contribution in [0.4, 0.5) is 0 Å². The highest BCUT2D eigenvalue weighted by Crippen LogP contribution is 2.16. The topological polar surface area (TPSA) is 57.6 Å². The fourth-order valence-electron chi connectivity index (χ4n) is 3.30. The third-order valence-electron chi connectivity index (χ3n) is 4.66. The standard InChI is InChI=1S/C16H24N4O2/c1-18-14(12-20-11-4-6-13(20)16(18)22)15(21)17-7-5-10-19-8-2-3-9-19/h4,6,11,14H,2-3,5,7-10,12H2,1H3,(H,17,21). The van der Waals surface area contributed by atoms with E-state index in [0.29, 0.717) is 18.8 Å². The molecule has 1 atom stereocenters. The third-order valence-corrected chi connectivity index (χ3v) is 4.66. The molecule has 22 heavy (non-hydrogen) atoms. The maximum absolute atomic E-state index is 12.3. The number of nitrogens with zero attached hydrogens (tertiary/aromatic N) is 3. The fraction of sp³-hybridized carbons (Fsp3) is 0.625. The predicted molar refractivity (Wildman–Crippen MR) is 83.6 cm³/mol. The van der Waals surface area contributed by atoms with E-state index in [-0.39, 0.29) is 11.8 Å². The van der Waals surface area contributed by atoms with Crippen molar-refractivity contribution < 1.29 is 9.59 Å². The number of aromatic nitrogens is 1. The molecule has 0 bridgehead atoms. The molecule has 1 aromatic rings. The summed E-state index contributed by atoms with van der Waals surface area (Å²) in [7, 11) is 1.70. The molecule has 2 aliphatic heterocycles. The average molecular weight is 304 g/mol. The smallest absolute Gasteiger partial charge is 0.270 e. The predicted octanol–water partition coefficient (Wildman–Crippen LogP) is 0.544. The van der Waals surface area contributed by atoms with Crippen molar-refractivity contribution >= 4 is 11.8 Å². The molecule has 0 radical (unpaired) electrons. The summed E-state index contributed by atoms with van der Waals surface area (Å²) in [6.45, 7) is 4.62. The normalized spacial score (nSPS) is 22.0. The Morgan fingerprint density at radius 2 is 2.14 bits per heavy atom. The van der Waals surface area contributed by atoms with Crippen LogP contribution in [0, 0.1) is 0 Å². The number of carbonyl (C=O) groups is 2. The molecule has 1 unspecified atom stereocenters. The zero-order chi connectivity index (χ0) is 15.5. The third kappa shape index (κ3) is 3.02. The Morgan fingerprint density at radius 1 is 1.36 bits per heavy atom. The van der Waals surface area contributed by atoms with E-state index >= 15 is 0 Å². The van der Waals surface area contributed by atoms with Gasteiger partial charge in [-0.05, 0) is 51.0 Å². The lowest BCUT2D eigenvalue weighted by molar-refractivity contribution is -0.126. The van der Waals surface area contributed by atoms with Gasteiger partial charge in [-0.25, -0.2) is 0 Å². The van der Waals surface area contributed by atoms with E-state index in [4.69, 9.17) is 0 Å². The molecule has 0 spiro atoms. The van der Waals surface area contributed by atoms with Gasteiger partial charge in [0.25, 0.3) is 5.91 Å². The summed E-state index contributed by atoms with van der Waals surface area (Å²) < 4.78 is 1.86. The van der Waals surface area contributed by atoms with E-state index in [1.807, 2.05) is 16.8 Å². The lowest BCUT2D eigenvalue weighted by atomic mass is 10.1. The van der Waals surface area contributed by atoms with Gasteiger partial charge in [-0.3, -0.25) is 9.59 Å². The molecule has 1 saturated heterocycles. The largest absolute Gasteiger partial charge is 0.354 e. The first kappa shape index (κ1) is 15.1. The first-order valence-corrected chi connectivity index (χ1v) is 8.09. The van der Waals surface area contributed by atoms with Crippen molar-refractivity contribution in [2.24, 2.45) is 0 Å². The van der Waals surface area contributed by atoms with E-state index in [1.165, 1.54) is 25.9 Å². The van der Waals surface area contributed by atoms with Crippen LogP contribution in [-0.4, -0.2) is 65.4 Å². The van der Waals surface area contributed by atoms with Crippen molar-refractivity contribution in [2.45, 2.75) is 31.8 Å². The van der Waals surface area contributed by atoms with E-state index in [2.05, 4.69) is 10.2 Å². The van der Waals surface area contributed by atoms with Gasteiger partial charge in [-0.1, -0.05) is 0 Å². The van der Waals surface area contributed by atoms with Gasteiger partial charge in [0.05, 0.1) is 6.54 Å². The van der Waals surface area contributed by atoms with Gasteiger partial charge < -0.3 is 19.7 Å². The minimum absolute atomic E-state index is 0.0587. The quantitative estimate of drug-likeness (QED) is 0.808. The number of amides is 2.